The average molecular weight is 1810 g/mol. The number of piperazine rings is 2. The second-order valence-corrected chi connectivity index (χ2v) is 55.4. The number of fused-ring (bicyclic) bond motifs is 20. The number of hydrogen-bond donors (Lipinski definition) is 4. The van der Waals surface area contributed by atoms with Crippen LogP contribution in [0.2, 0.25) is 0 Å². The largest absolute Gasteiger partial charge is 0.390 e. The lowest BCUT2D eigenvalue weighted by molar-refractivity contribution is -0.155. The molecule has 127 heavy (non-hydrogen) atoms. The van der Waals surface area contributed by atoms with Gasteiger partial charge in [-0.15, -0.1) is 0 Å². The van der Waals surface area contributed by atoms with E-state index in [-0.39, 0.29) is 45.5 Å². The van der Waals surface area contributed by atoms with Crippen LogP contribution >= 0.6 is 0 Å². The van der Waals surface area contributed by atoms with Crippen molar-refractivity contribution < 1.29 is 57.5 Å². The summed E-state index contributed by atoms with van der Waals surface area (Å²) in [5.74, 6) is 26.4. The summed E-state index contributed by atoms with van der Waals surface area (Å²) in [7, 11) is -2.41. The molecule has 20 fully saturated rings. The summed E-state index contributed by atoms with van der Waals surface area (Å²) >= 11 is 0. The summed E-state index contributed by atoms with van der Waals surface area (Å²) in [5.41, 5.74) is -1.03. The van der Waals surface area contributed by atoms with Gasteiger partial charge in [-0.05, 0) is 423 Å². The summed E-state index contributed by atoms with van der Waals surface area (Å²) in [6, 6.07) is 0. The molecule has 20 heteroatoms. The fraction of sp³-hybridized carbons (Fsp3) is 0.944. The van der Waals surface area contributed by atoms with Crippen LogP contribution in [0, 0.1) is 170 Å². The summed E-state index contributed by atoms with van der Waals surface area (Å²) in [6.07, 6.45) is 46.9. The van der Waals surface area contributed by atoms with E-state index in [0.717, 1.165) is 271 Å². The molecule has 16 aliphatic carbocycles. The first-order valence-electron chi connectivity index (χ1n) is 53.3. The molecule has 0 aromatic carbocycles. The lowest BCUT2D eigenvalue weighted by Gasteiger charge is -2.58. The van der Waals surface area contributed by atoms with Crippen molar-refractivity contribution in [1.82, 2.24) is 28.2 Å². The Morgan fingerprint density at radius 3 is 1.05 bits per heavy atom. The molecule has 0 aromatic rings. The quantitative estimate of drug-likeness (QED) is 0.106. The summed E-state index contributed by atoms with van der Waals surface area (Å²) in [4.78, 5) is 63.2. The number of Topliss-reactive ketones (excluding diaryl/α,β-unsaturated/α-hetero) is 4. The second kappa shape index (κ2) is 37.9. The number of ether oxygens (including phenoxy) is 2. The molecule has 0 aromatic heterocycles. The molecule has 0 amide bonds. The molecule has 722 valence electrons. The Bertz CT molecular complexity index is 4080. The van der Waals surface area contributed by atoms with Crippen LogP contribution in [0.5, 0.6) is 0 Å². The second-order valence-electron chi connectivity index (χ2n) is 50.5. The van der Waals surface area contributed by atoms with Crippen LogP contribution < -0.4 is 0 Å². The van der Waals surface area contributed by atoms with E-state index in [1.807, 2.05) is 29.6 Å². The van der Waals surface area contributed by atoms with Gasteiger partial charge in [-0.3, -0.25) is 47.2 Å². The van der Waals surface area contributed by atoms with Crippen LogP contribution in [0.25, 0.3) is 0 Å². The van der Waals surface area contributed by atoms with Gasteiger partial charge in [-0.25, -0.2) is 8.61 Å². The number of rotatable bonds is 16. The third-order valence-corrected chi connectivity index (χ3v) is 46.2. The zero-order chi connectivity index (χ0) is 90.1. The third kappa shape index (κ3) is 19.7. The van der Waals surface area contributed by atoms with E-state index in [1.165, 1.54) is 141 Å². The Morgan fingerprint density at radius 1 is 0.362 bits per heavy atom. The first-order chi connectivity index (χ1) is 60.1. The molecule has 4 N–H and O–H groups in total. The summed E-state index contributed by atoms with van der Waals surface area (Å²) < 4.78 is 40.0. The van der Waals surface area contributed by atoms with Crippen LogP contribution in [0.3, 0.4) is 0 Å². The Balaban J connectivity index is 0.000000119. The molecule has 20 rings (SSSR count). The monoisotopic (exact) mass is 1810 g/mol. The predicted octanol–water partition coefficient (Wildman–Crippen LogP) is 15.7. The van der Waals surface area contributed by atoms with Crippen LogP contribution in [-0.4, -0.2) is 258 Å². The molecular formula is C107H180N6O12S2. The summed E-state index contributed by atoms with van der Waals surface area (Å²) in [6.45, 7) is 34.7. The third-order valence-electron chi connectivity index (χ3n) is 43.2. The first kappa shape index (κ1) is 96.9. The number of morpholine rings is 1. The van der Waals surface area contributed by atoms with E-state index in [9.17, 15) is 48.0 Å². The first-order valence-corrected chi connectivity index (χ1v) is 57.4. The van der Waals surface area contributed by atoms with E-state index in [1.54, 1.807) is 12.5 Å². The minimum Gasteiger partial charge on any atom is -0.390 e. The maximum atomic E-state index is 13.6. The van der Waals surface area contributed by atoms with Gasteiger partial charge < -0.3 is 29.9 Å². The van der Waals surface area contributed by atoms with E-state index in [0.29, 0.717) is 96.7 Å². The highest BCUT2D eigenvalue weighted by Gasteiger charge is 2.65. The number of ketones is 4. The molecule has 18 nitrogen and oxygen atoms in total. The van der Waals surface area contributed by atoms with Gasteiger partial charge in [0.2, 0.25) is 0 Å². The molecule has 0 radical (unpaired) electrons. The molecular weight excluding hydrogens is 1630 g/mol. The highest BCUT2D eigenvalue weighted by molar-refractivity contribution is 7.97. The Kier molecular flexibility index (Phi) is 28.9. The molecule has 4 aliphatic heterocycles. The van der Waals surface area contributed by atoms with Gasteiger partial charge in [0.15, 0.2) is 0 Å². The van der Waals surface area contributed by atoms with E-state index >= 15 is 0 Å². The fourth-order valence-electron chi connectivity index (χ4n) is 36.7. The molecule has 4 heterocycles. The van der Waals surface area contributed by atoms with E-state index in [2.05, 4.69) is 79.8 Å². The van der Waals surface area contributed by atoms with Gasteiger partial charge in [-0.1, -0.05) is 41.5 Å². The van der Waals surface area contributed by atoms with Crippen LogP contribution in [-0.2, 0) is 48.1 Å². The normalized spacial score (nSPS) is 49.5. The van der Waals surface area contributed by atoms with Gasteiger partial charge in [0.1, 0.15) is 23.1 Å². The number of aliphatic hydroxyl groups is 4. The van der Waals surface area contributed by atoms with Gasteiger partial charge in [0, 0.05) is 135 Å². The van der Waals surface area contributed by atoms with Gasteiger partial charge in [-0.2, -0.15) is 0 Å². The van der Waals surface area contributed by atoms with Crippen molar-refractivity contribution in [3.8, 4) is 0 Å². The average Bonchev–Trinajstić information content (AvgIpc) is 1.65. The standard InChI is InChI=1S/C28H48N2O3S.C27H46N2O3S.C26H43NO4.C26H43NO2/c1-5-28(32)13-11-21-20(18-28)6-7-23-22(21)10-12-27(2)24(23)8-9-25(27)26(31)19-29-14-16-30(17-15-29)34(3,4)33;1-26(31)11-9-20-19(17-26)5-6-22-21(20)10-12-27(2)23(22)7-8-24(27)25(30)18-28-13-15-29(16-14-28)33(3,4)32;1-25(29)8-6-18-17-7-9-26(2)21(19(17)14-24(30-3)20(18)15-25)4-5-22(26)23(28)16-27-10-12-31-13-11-27;1-17-10-13-27(15-17)16-24(28)23-7-6-22-21-5-4-18-14-25(2,29)11-8-19(18)20(21)9-12-26(22,23)3/h20-25,32H,3,5-19H2,1-2,4H3;19-24,31H,3,5-18H2,1-2,4H3;17-22,24,29H,4-16H2,1-3H3;17-23,29H,4-16H2,1-3H3/t20-,21-,22+,23+,24-,25+,27-,28+,34?;19-,20+,21-,22-,23+,24-,26-,27+,33?;17-,18-,19-,20-,21+,22-,24-,25-,26+;17-,18-,19+,20-,21-,22+,23-,25-,26+/m0111/s1. The number of methoxy groups -OCH3 is 1. The minimum atomic E-state index is -2.14. The maximum absolute atomic E-state index is 13.6. The van der Waals surface area contributed by atoms with Crippen molar-refractivity contribution in [2.45, 2.75) is 328 Å². The van der Waals surface area contributed by atoms with Crippen molar-refractivity contribution >= 4 is 54.3 Å². The van der Waals surface area contributed by atoms with Crippen LogP contribution in [0.4, 0.5) is 0 Å². The van der Waals surface area contributed by atoms with Gasteiger partial charge in [0.25, 0.3) is 0 Å². The van der Waals surface area contributed by atoms with E-state index < -0.39 is 41.8 Å². The lowest BCUT2D eigenvalue weighted by Crippen LogP contribution is -2.55. The van der Waals surface area contributed by atoms with Crippen molar-refractivity contribution in [3.05, 3.63) is 0 Å². The number of carbonyl (C=O) groups excluding carboxylic acids is 4. The molecule has 0 spiro atoms. The van der Waals surface area contributed by atoms with Crippen molar-refractivity contribution in [2.75, 3.05) is 138 Å². The predicted molar refractivity (Wildman–Crippen MR) is 512 cm³/mol. The van der Waals surface area contributed by atoms with Crippen LogP contribution in [0.1, 0.15) is 300 Å². The SMILES string of the molecule is C=S(C)(=O)N1CCN(CC(=O)[C@H]2CC[C@H]3[C@@H]4CC[C@@H]5C[C@](C)(O)CC[C@@H]5[C@H]4CC[C@]23C)CC1.C=S(C)(=O)N1CCN(CC(=O)[C@H]2CC[C@H]3[C@@H]4CC[C@H]5C[C@@](O)(CC)CC[C@@H]5[C@H]4CC[C@]23C)CC1.CO[C@@H]1C[C@@H]2[C@H](CC[C@]3(C)[C@@H](C(=O)CN4CCOCC4)CC[C@@H]23)[C@H]2CC[C@@](C)(O)C[C@H]21.C[C@@H]1CCN(CC(=O)[C@H]2CC[C@H]3[C@@H]4CC[C@@H]5C[C@](C)(O)CC[C@@H]5[C@H]4CC[C@]23C)C1. The molecule has 2 unspecified atom stereocenters. The maximum Gasteiger partial charge on any atom is 0.150 e. The fourth-order valence-corrected chi connectivity index (χ4v) is 38.5. The van der Waals surface area contributed by atoms with Crippen molar-refractivity contribution in [2.24, 2.45) is 170 Å². The van der Waals surface area contributed by atoms with Gasteiger partial charge >= 0.3 is 0 Å². The van der Waals surface area contributed by atoms with Crippen LogP contribution in [0.15, 0.2) is 0 Å². The van der Waals surface area contributed by atoms with Gasteiger partial charge in [0.05, 0.1) is 67.9 Å². The zero-order valence-electron chi connectivity index (χ0n) is 81.9. The molecule has 20 aliphatic rings. The molecule has 0 bridgehead atoms. The smallest absolute Gasteiger partial charge is 0.150 e. The Hall–Kier alpha value is -1.76. The minimum absolute atomic E-state index is 0.163. The number of hydrogen-bond acceptors (Lipinski definition) is 16. The van der Waals surface area contributed by atoms with E-state index in [4.69, 9.17) is 9.47 Å². The Morgan fingerprint density at radius 2 is 0.685 bits per heavy atom. The highest BCUT2D eigenvalue weighted by atomic mass is 32.2. The molecule has 4 saturated heterocycles. The van der Waals surface area contributed by atoms with Crippen molar-refractivity contribution in [3.63, 3.8) is 0 Å². The number of carbonyl (C=O) groups is 4. The topological polar surface area (TPSA) is 221 Å². The summed E-state index contributed by atoms with van der Waals surface area (Å²) in [5, 5.41) is 42.9. The number of likely N-dealkylation sites (tertiary alicyclic amines) is 1. The Labute approximate surface area is 770 Å². The number of nitrogens with zero attached hydrogens (tertiary/aromatic N) is 6. The van der Waals surface area contributed by atoms with Crippen molar-refractivity contribution in [1.29, 1.82) is 0 Å². The lowest BCUT2D eigenvalue weighted by atomic mass is 9.48. The highest BCUT2D eigenvalue weighted by Crippen LogP contribution is 2.70. The molecule has 36 atom stereocenters. The molecule has 16 saturated carbocycles. The zero-order valence-corrected chi connectivity index (χ0v) is 83.5.